The van der Waals surface area contributed by atoms with E-state index < -0.39 is 6.92 Å². The molecule has 2 aromatic rings. The highest BCUT2D eigenvalue weighted by Gasteiger charge is 2.24. The first-order valence-electron chi connectivity index (χ1n) is 7.14. The van der Waals surface area contributed by atoms with Crippen LogP contribution < -0.4 is 10.9 Å². The maximum absolute atomic E-state index is 10.9. The Balaban J connectivity index is 2.61. The van der Waals surface area contributed by atoms with Crippen LogP contribution >= 0.6 is 0 Å². The molecule has 0 atom stereocenters. The lowest BCUT2D eigenvalue weighted by Crippen LogP contribution is -2.47. The van der Waals surface area contributed by atoms with Gasteiger partial charge in [-0.15, -0.1) is 0 Å². The van der Waals surface area contributed by atoms with Gasteiger partial charge in [-0.3, -0.25) is 0 Å². The SMILES string of the molecule is Cc1cc(C)c(B(O)c2c(C)cc(C)cc2C)c(C)c1. The van der Waals surface area contributed by atoms with Crippen molar-refractivity contribution < 1.29 is 5.02 Å². The number of hydrogen-bond donors (Lipinski definition) is 1. The molecule has 0 saturated heterocycles. The van der Waals surface area contributed by atoms with Crippen LogP contribution in [0.25, 0.3) is 0 Å². The molecule has 0 aromatic heterocycles. The lowest BCUT2D eigenvalue weighted by molar-refractivity contribution is 0.599. The summed E-state index contributed by atoms with van der Waals surface area (Å²) in [6, 6.07) is 8.57. The molecule has 104 valence electrons. The van der Waals surface area contributed by atoms with Crippen LogP contribution in [0.1, 0.15) is 33.4 Å². The van der Waals surface area contributed by atoms with E-state index in [1.54, 1.807) is 0 Å². The van der Waals surface area contributed by atoms with Gasteiger partial charge in [0.15, 0.2) is 0 Å². The quantitative estimate of drug-likeness (QED) is 0.828. The summed E-state index contributed by atoms with van der Waals surface area (Å²) in [6.07, 6.45) is 0. The highest BCUT2D eigenvalue weighted by molar-refractivity contribution is 6.80. The predicted octanol–water partition coefficient (Wildman–Crippen LogP) is 2.64. The van der Waals surface area contributed by atoms with Crippen LogP contribution in [0.5, 0.6) is 0 Å². The van der Waals surface area contributed by atoms with Crippen LogP contribution in [0.3, 0.4) is 0 Å². The Labute approximate surface area is 122 Å². The summed E-state index contributed by atoms with van der Waals surface area (Å²) in [5.74, 6) is 0. The van der Waals surface area contributed by atoms with Crippen molar-refractivity contribution >= 4 is 17.8 Å². The Bertz CT molecular complexity index is 555. The molecule has 0 amide bonds. The van der Waals surface area contributed by atoms with Crippen LogP contribution in [0.2, 0.25) is 0 Å². The van der Waals surface area contributed by atoms with Crippen molar-refractivity contribution in [2.24, 2.45) is 0 Å². The molecule has 0 radical (unpaired) electrons. The third-order valence-corrected chi connectivity index (χ3v) is 4.02. The maximum atomic E-state index is 10.9. The first-order chi connectivity index (χ1) is 9.31. The molecule has 0 aliphatic heterocycles. The maximum Gasteiger partial charge on any atom is 0.360 e. The second-order valence-corrected chi connectivity index (χ2v) is 6.03. The molecule has 0 aliphatic rings. The minimum Gasteiger partial charge on any atom is -0.443 e. The smallest absolute Gasteiger partial charge is 0.360 e. The van der Waals surface area contributed by atoms with Crippen LogP contribution in [-0.4, -0.2) is 11.9 Å². The molecule has 2 aromatic carbocycles. The number of rotatable bonds is 2. The van der Waals surface area contributed by atoms with Crippen LogP contribution in [0, 0.1) is 41.5 Å². The summed E-state index contributed by atoms with van der Waals surface area (Å²) in [7, 11) is 0. The minimum absolute atomic E-state index is 0.545. The number of hydrogen-bond acceptors (Lipinski definition) is 1. The van der Waals surface area contributed by atoms with E-state index in [9.17, 15) is 5.02 Å². The molecule has 0 aliphatic carbocycles. The number of aryl methyl sites for hydroxylation is 6. The molecule has 0 heterocycles. The first kappa shape index (κ1) is 14.9. The van der Waals surface area contributed by atoms with Crippen LogP contribution in [-0.2, 0) is 0 Å². The lowest BCUT2D eigenvalue weighted by Gasteiger charge is -2.19. The van der Waals surface area contributed by atoms with Crippen LogP contribution in [0.4, 0.5) is 0 Å². The highest BCUT2D eigenvalue weighted by atomic mass is 16.2. The second-order valence-electron chi connectivity index (χ2n) is 6.03. The Morgan fingerprint density at radius 3 is 1.10 bits per heavy atom. The molecule has 0 unspecified atom stereocenters. The van der Waals surface area contributed by atoms with Gasteiger partial charge in [-0.1, -0.05) is 57.6 Å². The van der Waals surface area contributed by atoms with Gasteiger partial charge in [-0.25, -0.2) is 0 Å². The summed E-state index contributed by atoms with van der Waals surface area (Å²) in [6.45, 7) is 12.0. The van der Waals surface area contributed by atoms with Gasteiger partial charge in [0.2, 0.25) is 0 Å². The van der Waals surface area contributed by atoms with Gasteiger partial charge in [0.25, 0.3) is 0 Å². The van der Waals surface area contributed by atoms with E-state index in [4.69, 9.17) is 0 Å². The van der Waals surface area contributed by atoms with Crippen molar-refractivity contribution in [2.45, 2.75) is 41.5 Å². The zero-order valence-electron chi connectivity index (χ0n) is 13.3. The van der Waals surface area contributed by atoms with Gasteiger partial charge in [0.05, 0.1) is 0 Å². The topological polar surface area (TPSA) is 20.2 Å². The summed E-state index contributed by atoms with van der Waals surface area (Å²) in [4.78, 5) is 0. The van der Waals surface area contributed by atoms with E-state index >= 15 is 0 Å². The van der Waals surface area contributed by atoms with Gasteiger partial charge in [-0.2, -0.15) is 0 Å². The summed E-state index contributed by atoms with van der Waals surface area (Å²) in [5.41, 5.74) is 9.23. The van der Waals surface area contributed by atoms with E-state index in [-0.39, 0.29) is 0 Å². The average Bonchev–Trinajstić information content (AvgIpc) is 2.25. The van der Waals surface area contributed by atoms with Gasteiger partial charge >= 0.3 is 6.92 Å². The minimum atomic E-state index is -0.545. The summed E-state index contributed by atoms with van der Waals surface area (Å²) in [5, 5.41) is 10.9. The van der Waals surface area contributed by atoms with Crippen molar-refractivity contribution in [2.75, 3.05) is 0 Å². The van der Waals surface area contributed by atoms with Gasteiger partial charge in [-0.05, 0) is 52.5 Å². The Kier molecular flexibility index (Phi) is 4.05. The van der Waals surface area contributed by atoms with Crippen molar-refractivity contribution in [3.8, 4) is 0 Å². The fourth-order valence-electron chi connectivity index (χ4n) is 3.39. The zero-order chi connectivity index (χ0) is 15.0. The van der Waals surface area contributed by atoms with Crippen LogP contribution in [0.15, 0.2) is 24.3 Å². The lowest BCUT2D eigenvalue weighted by atomic mass is 9.51. The van der Waals surface area contributed by atoms with Crippen molar-refractivity contribution in [3.63, 3.8) is 0 Å². The Morgan fingerprint density at radius 2 is 0.850 bits per heavy atom. The van der Waals surface area contributed by atoms with Gasteiger partial charge in [0, 0.05) is 0 Å². The standard InChI is InChI=1S/C18H23BO/c1-11-7-13(3)17(14(4)8-11)19(20)18-15(5)9-12(2)10-16(18)6/h7-10,20H,1-6H3. The Hall–Kier alpha value is -1.54. The molecule has 2 rings (SSSR count). The van der Waals surface area contributed by atoms with Crippen molar-refractivity contribution in [1.82, 2.24) is 0 Å². The molecule has 0 fully saturated rings. The highest BCUT2D eigenvalue weighted by Crippen LogP contribution is 2.11. The molecule has 1 nitrogen and oxygen atoms in total. The zero-order valence-corrected chi connectivity index (χ0v) is 13.3. The molecule has 2 heteroatoms. The summed E-state index contributed by atoms with van der Waals surface area (Å²) < 4.78 is 0. The van der Waals surface area contributed by atoms with Gasteiger partial charge < -0.3 is 5.02 Å². The second kappa shape index (κ2) is 5.45. The largest absolute Gasteiger partial charge is 0.443 e. The first-order valence-corrected chi connectivity index (χ1v) is 7.14. The monoisotopic (exact) mass is 266 g/mol. The third kappa shape index (κ3) is 2.66. The van der Waals surface area contributed by atoms with Crippen molar-refractivity contribution in [3.05, 3.63) is 57.6 Å². The molecule has 0 spiro atoms. The van der Waals surface area contributed by atoms with E-state index in [1.165, 1.54) is 11.1 Å². The molecule has 0 saturated carbocycles. The molecular formula is C18H23BO. The van der Waals surface area contributed by atoms with E-state index in [0.29, 0.717) is 0 Å². The van der Waals surface area contributed by atoms with E-state index in [1.807, 2.05) is 0 Å². The molecule has 1 N–H and O–H groups in total. The van der Waals surface area contributed by atoms with E-state index in [2.05, 4.69) is 65.8 Å². The number of benzene rings is 2. The Morgan fingerprint density at radius 1 is 0.600 bits per heavy atom. The fraction of sp³-hybridized carbons (Fsp3) is 0.333. The van der Waals surface area contributed by atoms with Crippen molar-refractivity contribution in [1.29, 1.82) is 0 Å². The average molecular weight is 266 g/mol. The normalized spacial score (nSPS) is 10.8. The summed E-state index contributed by atoms with van der Waals surface area (Å²) >= 11 is 0. The predicted molar refractivity (Wildman–Crippen MR) is 88.5 cm³/mol. The fourth-order valence-corrected chi connectivity index (χ4v) is 3.39. The third-order valence-electron chi connectivity index (χ3n) is 4.02. The molecule has 0 bridgehead atoms. The van der Waals surface area contributed by atoms with E-state index in [0.717, 1.165) is 33.2 Å². The molecular weight excluding hydrogens is 243 g/mol. The molecule has 20 heavy (non-hydrogen) atoms. The van der Waals surface area contributed by atoms with Gasteiger partial charge in [0.1, 0.15) is 0 Å².